The Balaban J connectivity index is 2.71. The quantitative estimate of drug-likeness (QED) is 0.432. The molecule has 6 heteroatoms. The van der Waals surface area contributed by atoms with Gasteiger partial charge in [-0.3, -0.25) is 0 Å². The van der Waals surface area contributed by atoms with Crippen LogP contribution in [0.2, 0.25) is 0 Å². The molecule has 0 saturated heterocycles. The molecule has 0 unspecified atom stereocenters. The van der Waals surface area contributed by atoms with Gasteiger partial charge in [0.15, 0.2) is 5.71 Å². The van der Waals surface area contributed by atoms with Crippen LogP contribution in [0.4, 0.5) is 0 Å². The first-order valence-electron chi connectivity index (χ1n) is 5.58. The van der Waals surface area contributed by atoms with E-state index in [1.165, 1.54) is 0 Å². The average Bonchev–Trinajstić information content (AvgIpc) is 2.41. The van der Waals surface area contributed by atoms with E-state index in [4.69, 9.17) is 18.9 Å². The summed E-state index contributed by atoms with van der Waals surface area (Å²) in [7, 11) is -1.53. The SMILES string of the molecule is CCOP(OCC)ON=C(C#N)c1ccccc1. The predicted molar refractivity (Wildman–Crippen MR) is 69.8 cm³/mol. The summed E-state index contributed by atoms with van der Waals surface area (Å²) in [4.78, 5) is 0. The van der Waals surface area contributed by atoms with Gasteiger partial charge in [0.1, 0.15) is 6.07 Å². The van der Waals surface area contributed by atoms with Crippen molar-refractivity contribution in [1.29, 1.82) is 5.26 Å². The van der Waals surface area contributed by atoms with E-state index in [2.05, 4.69) is 5.16 Å². The Morgan fingerprint density at radius 3 is 2.33 bits per heavy atom. The number of rotatable bonds is 7. The highest BCUT2D eigenvalue weighted by atomic mass is 31.2. The maximum absolute atomic E-state index is 9.02. The number of nitrogens with zero attached hydrogens (tertiary/aromatic N) is 2. The van der Waals surface area contributed by atoms with Gasteiger partial charge >= 0.3 is 8.60 Å². The van der Waals surface area contributed by atoms with Gasteiger partial charge in [0.05, 0.1) is 13.2 Å². The topological polar surface area (TPSA) is 63.8 Å². The lowest BCUT2D eigenvalue weighted by Crippen LogP contribution is -1.99. The van der Waals surface area contributed by atoms with Crippen molar-refractivity contribution in [2.45, 2.75) is 13.8 Å². The number of oxime groups is 1. The molecule has 0 atom stereocenters. The van der Waals surface area contributed by atoms with Crippen molar-refractivity contribution < 1.29 is 13.7 Å². The molecule has 5 nitrogen and oxygen atoms in total. The van der Waals surface area contributed by atoms with E-state index in [0.717, 1.165) is 0 Å². The van der Waals surface area contributed by atoms with E-state index >= 15 is 0 Å². The molecule has 0 aliphatic carbocycles. The summed E-state index contributed by atoms with van der Waals surface area (Å²) in [6, 6.07) is 11.1. The molecule has 1 rings (SSSR count). The Kier molecular flexibility index (Phi) is 6.97. The van der Waals surface area contributed by atoms with Crippen LogP contribution in [-0.2, 0) is 13.7 Å². The Morgan fingerprint density at radius 2 is 1.83 bits per heavy atom. The summed E-state index contributed by atoms with van der Waals surface area (Å²) in [6.45, 7) is 4.61. The Bertz CT molecular complexity index is 411. The lowest BCUT2D eigenvalue weighted by atomic mass is 10.1. The minimum atomic E-state index is -1.53. The first-order chi connectivity index (χ1) is 8.81. The zero-order chi connectivity index (χ0) is 13.2. The molecule has 1 aromatic carbocycles. The molecule has 0 aliphatic heterocycles. The monoisotopic (exact) mass is 266 g/mol. The second kappa shape index (κ2) is 8.60. The number of benzene rings is 1. The van der Waals surface area contributed by atoms with Crippen LogP contribution in [0.5, 0.6) is 0 Å². The molecule has 0 aliphatic rings. The van der Waals surface area contributed by atoms with Crippen LogP contribution in [0.15, 0.2) is 35.5 Å². The zero-order valence-corrected chi connectivity index (χ0v) is 11.3. The number of hydrogen-bond donors (Lipinski definition) is 0. The van der Waals surface area contributed by atoms with E-state index < -0.39 is 8.60 Å². The van der Waals surface area contributed by atoms with Gasteiger partial charge in [0.25, 0.3) is 0 Å². The molecule has 0 amide bonds. The Morgan fingerprint density at radius 1 is 1.22 bits per heavy atom. The molecule has 0 radical (unpaired) electrons. The van der Waals surface area contributed by atoms with Crippen LogP contribution in [0.1, 0.15) is 19.4 Å². The average molecular weight is 266 g/mol. The molecule has 0 saturated carbocycles. The molecule has 1 aromatic rings. The van der Waals surface area contributed by atoms with Crippen LogP contribution >= 0.6 is 8.60 Å². The predicted octanol–water partition coefficient (Wildman–Crippen LogP) is 3.23. The van der Waals surface area contributed by atoms with Crippen molar-refractivity contribution in [3.05, 3.63) is 35.9 Å². The van der Waals surface area contributed by atoms with Crippen LogP contribution in [0.3, 0.4) is 0 Å². The highest BCUT2D eigenvalue weighted by Gasteiger charge is 2.13. The van der Waals surface area contributed by atoms with E-state index in [9.17, 15) is 0 Å². The molecule has 0 N–H and O–H groups in total. The van der Waals surface area contributed by atoms with Crippen molar-refractivity contribution >= 4 is 14.3 Å². The van der Waals surface area contributed by atoms with Gasteiger partial charge < -0.3 is 13.7 Å². The fourth-order valence-electron chi connectivity index (χ4n) is 1.10. The lowest BCUT2D eigenvalue weighted by molar-refractivity contribution is 0.175. The highest BCUT2D eigenvalue weighted by Crippen LogP contribution is 2.39. The number of hydrogen-bond acceptors (Lipinski definition) is 5. The summed E-state index contributed by atoms with van der Waals surface area (Å²) in [5, 5.41) is 12.8. The zero-order valence-electron chi connectivity index (χ0n) is 10.4. The first kappa shape index (κ1) is 14.6. The molecule has 0 aromatic heterocycles. The molecule has 0 fully saturated rings. The smallest absolute Gasteiger partial charge is 0.315 e. The maximum Gasteiger partial charge on any atom is 0.419 e. The minimum Gasteiger partial charge on any atom is -0.315 e. The summed E-state index contributed by atoms with van der Waals surface area (Å²) < 4.78 is 15.6. The van der Waals surface area contributed by atoms with Gasteiger partial charge in [-0.2, -0.15) is 5.26 Å². The van der Waals surface area contributed by atoms with Gasteiger partial charge in [0, 0.05) is 5.56 Å². The Hall–Kier alpha value is -1.47. The molecule has 18 heavy (non-hydrogen) atoms. The van der Waals surface area contributed by atoms with Gasteiger partial charge in [-0.25, -0.2) is 0 Å². The third-order valence-electron chi connectivity index (χ3n) is 1.82. The van der Waals surface area contributed by atoms with E-state index in [1.54, 1.807) is 12.1 Å². The fourth-order valence-corrected chi connectivity index (χ4v) is 1.84. The Labute approximate surface area is 108 Å². The molecular formula is C12H15N2O3P. The number of nitriles is 1. The molecule has 0 heterocycles. The molecular weight excluding hydrogens is 251 g/mol. The second-order valence-electron chi connectivity index (χ2n) is 3.06. The summed E-state index contributed by atoms with van der Waals surface area (Å²) in [5.41, 5.74) is 0.894. The standard InChI is InChI=1S/C12H15N2O3P/c1-3-15-18(16-4-2)17-14-12(10-13)11-8-6-5-7-9-11/h5-9H,3-4H2,1-2H3. The fraction of sp³-hybridized carbons (Fsp3) is 0.333. The largest absolute Gasteiger partial charge is 0.419 e. The van der Waals surface area contributed by atoms with Crippen molar-refractivity contribution in [1.82, 2.24) is 0 Å². The molecule has 0 spiro atoms. The molecule has 96 valence electrons. The van der Waals surface area contributed by atoms with Crippen molar-refractivity contribution in [2.75, 3.05) is 13.2 Å². The van der Waals surface area contributed by atoms with Crippen LogP contribution < -0.4 is 0 Å². The normalized spacial score (nSPS) is 11.3. The highest BCUT2D eigenvalue weighted by molar-refractivity contribution is 7.41. The van der Waals surface area contributed by atoms with Crippen molar-refractivity contribution in [2.24, 2.45) is 5.16 Å². The van der Waals surface area contributed by atoms with Gasteiger partial charge in [0.2, 0.25) is 0 Å². The third kappa shape index (κ3) is 4.80. The first-order valence-corrected chi connectivity index (χ1v) is 6.68. The van der Waals surface area contributed by atoms with Crippen molar-refractivity contribution in [3.8, 4) is 6.07 Å². The van der Waals surface area contributed by atoms with E-state index in [0.29, 0.717) is 18.8 Å². The summed E-state index contributed by atoms with van der Waals surface area (Å²) in [5.74, 6) is 0. The van der Waals surface area contributed by atoms with Gasteiger partial charge in [-0.05, 0) is 13.8 Å². The van der Waals surface area contributed by atoms with E-state index in [1.807, 2.05) is 38.1 Å². The van der Waals surface area contributed by atoms with Crippen LogP contribution in [0, 0.1) is 11.3 Å². The summed E-state index contributed by atoms with van der Waals surface area (Å²) >= 11 is 0. The van der Waals surface area contributed by atoms with Gasteiger partial charge in [-0.15, -0.1) is 0 Å². The van der Waals surface area contributed by atoms with Crippen molar-refractivity contribution in [3.63, 3.8) is 0 Å². The van der Waals surface area contributed by atoms with Crippen LogP contribution in [0.25, 0.3) is 0 Å². The minimum absolute atomic E-state index is 0.197. The third-order valence-corrected chi connectivity index (χ3v) is 2.97. The summed E-state index contributed by atoms with van der Waals surface area (Å²) in [6.07, 6.45) is 0. The van der Waals surface area contributed by atoms with E-state index in [-0.39, 0.29) is 5.71 Å². The lowest BCUT2D eigenvalue weighted by Gasteiger charge is -2.11. The maximum atomic E-state index is 9.02. The second-order valence-corrected chi connectivity index (χ2v) is 4.19. The molecule has 0 bridgehead atoms. The van der Waals surface area contributed by atoms with Gasteiger partial charge in [-0.1, -0.05) is 35.5 Å². The van der Waals surface area contributed by atoms with Crippen LogP contribution in [-0.4, -0.2) is 18.9 Å².